The maximum atomic E-state index is 3.55. The van der Waals surface area contributed by atoms with Gasteiger partial charge in [0.05, 0.1) is 0 Å². The van der Waals surface area contributed by atoms with Crippen LogP contribution >= 0.6 is 0 Å². The number of rotatable bonds is 3. The van der Waals surface area contributed by atoms with E-state index in [1.54, 1.807) is 0 Å². The molecule has 0 saturated carbocycles. The second kappa shape index (κ2) is 3.99. The van der Waals surface area contributed by atoms with Gasteiger partial charge >= 0.3 is 0 Å². The number of hydrogen-bond donors (Lipinski definition) is 2. The number of hydrogen-bond acceptors (Lipinski definition) is 2. The predicted octanol–water partition coefficient (Wildman–Crippen LogP) is 1.59. The molecule has 0 amide bonds. The number of nitrogens with one attached hydrogen (secondary N) is 2. The number of aromatic amines is 1. The van der Waals surface area contributed by atoms with E-state index < -0.39 is 0 Å². The van der Waals surface area contributed by atoms with Crippen LogP contribution in [-0.2, 0) is 6.54 Å². The van der Waals surface area contributed by atoms with Crippen molar-refractivity contribution in [2.45, 2.75) is 38.4 Å². The topological polar surface area (TPSA) is 31.1 Å². The second-order valence-corrected chi connectivity index (χ2v) is 5.23. The lowest BCUT2D eigenvalue weighted by Gasteiger charge is -2.24. The molecule has 84 valence electrons. The highest BCUT2D eigenvalue weighted by molar-refractivity contribution is 5.04. The quantitative estimate of drug-likeness (QED) is 0.788. The molecule has 1 atom stereocenters. The number of H-pyrrole nitrogens is 1. The molecule has 1 unspecified atom stereocenters. The normalized spacial score (nSPS) is 24.9. The van der Waals surface area contributed by atoms with Crippen LogP contribution < -0.4 is 5.32 Å². The Balaban J connectivity index is 1.90. The third-order valence-electron chi connectivity index (χ3n) is 3.27. The average Bonchev–Trinajstić information content (AvgIpc) is 2.74. The first-order chi connectivity index (χ1) is 7.07. The molecule has 0 aromatic carbocycles. The van der Waals surface area contributed by atoms with E-state index >= 15 is 0 Å². The Kier molecular flexibility index (Phi) is 2.85. The van der Waals surface area contributed by atoms with Crippen LogP contribution in [0.1, 0.15) is 26.0 Å². The average molecular weight is 207 g/mol. The molecular formula is C12H21N3. The van der Waals surface area contributed by atoms with E-state index in [4.69, 9.17) is 0 Å². The molecule has 2 rings (SSSR count). The van der Waals surface area contributed by atoms with E-state index in [0.717, 1.165) is 13.1 Å². The smallest absolute Gasteiger partial charge is 0.0385 e. The van der Waals surface area contributed by atoms with Gasteiger partial charge in [-0.2, -0.15) is 0 Å². The van der Waals surface area contributed by atoms with Crippen molar-refractivity contribution >= 4 is 0 Å². The van der Waals surface area contributed by atoms with Gasteiger partial charge in [-0.1, -0.05) is 0 Å². The highest BCUT2D eigenvalue weighted by Crippen LogP contribution is 2.22. The summed E-state index contributed by atoms with van der Waals surface area (Å²) in [6, 6.07) is 4.85. The van der Waals surface area contributed by atoms with Crippen LogP contribution in [0.5, 0.6) is 0 Å². The van der Waals surface area contributed by atoms with Crippen molar-refractivity contribution in [3.63, 3.8) is 0 Å². The zero-order chi connectivity index (χ0) is 10.9. The van der Waals surface area contributed by atoms with Crippen LogP contribution in [-0.4, -0.2) is 35.1 Å². The largest absolute Gasteiger partial charge is 0.364 e. The molecule has 1 aromatic heterocycles. The molecule has 0 aliphatic carbocycles. The maximum absolute atomic E-state index is 3.55. The van der Waals surface area contributed by atoms with E-state index in [2.05, 4.69) is 48.2 Å². The second-order valence-electron chi connectivity index (χ2n) is 5.23. The van der Waals surface area contributed by atoms with Crippen molar-refractivity contribution in [3.8, 4) is 0 Å². The van der Waals surface area contributed by atoms with Crippen LogP contribution in [0, 0.1) is 0 Å². The molecule has 0 radical (unpaired) electrons. The first-order valence-corrected chi connectivity index (χ1v) is 5.64. The number of aromatic nitrogens is 1. The summed E-state index contributed by atoms with van der Waals surface area (Å²) >= 11 is 0. The zero-order valence-electron chi connectivity index (χ0n) is 9.88. The molecule has 2 heterocycles. The summed E-state index contributed by atoms with van der Waals surface area (Å²) in [6.07, 6.45) is 3.21. The van der Waals surface area contributed by atoms with E-state index in [1.807, 2.05) is 6.20 Å². The van der Waals surface area contributed by atoms with Gasteiger partial charge in [0.1, 0.15) is 0 Å². The lowest BCUT2D eigenvalue weighted by molar-refractivity contribution is 0.238. The van der Waals surface area contributed by atoms with Crippen molar-refractivity contribution in [3.05, 3.63) is 24.0 Å². The Morgan fingerprint density at radius 2 is 2.33 bits per heavy atom. The van der Waals surface area contributed by atoms with Crippen molar-refractivity contribution < 1.29 is 0 Å². The van der Waals surface area contributed by atoms with E-state index in [-0.39, 0.29) is 0 Å². The molecule has 1 aromatic rings. The highest BCUT2D eigenvalue weighted by atomic mass is 15.2. The molecule has 1 saturated heterocycles. The molecule has 3 heteroatoms. The molecule has 1 fully saturated rings. The summed E-state index contributed by atoms with van der Waals surface area (Å²) in [5.41, 5.74) is 1.59. The van der Waals surface area contributed by atoms with Crippen molar-refractivity contribution in [1.82, 2.24) is 15.2 Å². The number of likely N-dealkylation sites (N-methyl/N-ethyl adjacent to an activating group) is 1. The van der Waals surface area contributed by atoms with Gasteiger partial charge in [-0.25, -0.2) is 0 Å². The first kappa shape index (κ1) is 10.7. The molecule has 1 aliphatic heterocycles. The minimum absolute atomic E-state index is 0.300. The summed E-state index contributed by atoms with van der Waals surface area (Å²) in [5, 5.41) is 3.55. The van der Waals surface area contributed by atoms with Crippen LogP contribution in [0.2, 0.25) is 0 Å². The molecule has 0 spiro atoms. The van der Waals surface area contributed by atoms with E-state index in [9.17, 15) is 0 Å². The monoisotopic (exact) mass is 207 g/mol. The predicted molar refractivity (Wildman–Crippen MR) is 62.7 cm³/mol. The lowest BCUT2D eigenvalue weighted by Crippen LogP contribution is -2.32. The van der Waals surface area contributed by atoms with E-state index in [0.29, 0.717) is 11.6 Å². The fourth-order valence-corrected chi connectivity index (χ4v) is 2.30. The Labute approximate surface area is 91.9 Å². The summed E-state index contributed by atoms with van der Waals surface area (Å²) in [6.45, 7) is 6.66. The minimum Gasteiger partial charge on any atom is -0.364 e. The van der Waals surface area contributed by atoms with Crippen LogP contribution in [0.4, 0.5) is 0 Å². The van der Waals surface area contributed by atoms with Gasteiger partial charge in [-0.3, -0.25) is 4.90 Å². The molecule has 1 aliphatic rings. The fraction of sp³-hybridized carbons (Fsp3) is 0.667. The molecule has 2 N–H and O–H groups in total. The highest BCUT2D eigenvalue weighted by Gasteiger charge is 2.32. The van der Waals surface area contributed by atoms with Crippen LogP contribution in [0.25, 0.3) is 0 Å². The molecule has 0 bridgehead atoms. The summed E-state index contributed by atoms with van der Waals surface area (Å²) in [4.78, 5) is 5.67. The van der Waals surface area contributed by atoms with Crippen molar-refractivity contribution in [2.75, 3.05) is 13.6 Å². The molecule has 15 heavy (non-hydrogen) atoms. The van der Waals surface area contributed by atoms with Gasteiger partial charge in [-0.15, -0.1) is 0 Å². The fourth-order valence-electron chi connectivity index (χ4n) is 2.30. The Morgan fingerprint density at radius 1 is 1.53 bits per heavy atom. The van der Waals surface area contributed by atoms with Gasteiger partial charge in [-0.05, 0) is 39.4 Å². The Hall–Kier alpha value is -0.800. The first-order valence-electron chi connectivity index (χ1n) is 5.64. The van der Waals surface area contributed by atoms with Gasteiger partial charge in [0.2, 0.25) is 0 Å². The Morgan fingerprint density at radius 3 is 2.87 bits per heavy atom. The SMILES string of the molecule is CN(Cc1ccc[nH]1)C1CNC(C)(C)C1. The van der Waals surface area contributed by atoms with Gasteiger partial charge in [0.25, 0.3) is 0 Å². The van der Waals surface area contributed by atoms with Crippen LogP contribution in [0.3, 0.4) is 0 Å². The standard InChI is InChI=1S/C12H21N3/c1-12(2)7-11(8-14-12)15(3)9-10-5-4-6-13-10/h4-6,11,13-14H,7-9H2,1-3H3. The van der Waals surface area contributed by atoms with Gasteiger partial charge < -0.3 is 10.3 Å². The summed E-state index contributed by atoms with van der Waals surface area (Å²) in [5.74, 6) is 0. The van der Waals surface area contributed by atoms with Crippen molar-refractivity contribution in [2.24, 2.45) is 0 Å². The maximum Gasteiger partial charge on any atom is 0.0385 e. The zero-order valence-corrected chi connectivity index (χ0v) is 9.88. The molecule has 3 nitrogen and oxygen atoms in total. The van der Waals surface area contributed by atoms with Crippen molar-refractivity contribution in [1.29, 1.82) is 0 Å². The Bertz CT molecular complexity index is 303. The van der Waals surface area contributed by atoms with Gasteiger partial charge in [0.15, 0.2) is 0 Å². The summed E-state index contributed by atoms with van der Waals surface area (Å²) in [7, 11) is 2.20. The molecular weight excluding hydrogens is 186 g/mol. The lowest BCUT2D eigenvalue weighted by atomic mass is 10.0. The summed E-state index contributed by atoms with van der Waals surface area (Å²) < 4.78 is 0. The van der Waals surface area contributed by atoms with E-state index in [1.165, 1.54) is 12.1 Å². The number of nitrogens with zero attached hydrogens (tertiary/aromatic N) is 1. The minimum atomic E-state index is 0.300. The van der Waals surface area contributed by atoms with Gasteiger partial charge in [0, 0.05) is 36.6 Å². The van der Waals surface area contributed by atoms with Crippen LogP contribution in [0.15, 0.2) is 18.3 Å². The third-order valence-corrected chi connectivity index (χ3v) is 3.27. The third kappa shape index (κ3) is 2.61.